The van der Waals surface area contributed by atoms with Gasteiger partial charge >= 0.3 is 6.03 Å². The molecular formula is C21H21F2N3O4. The monoisotopic (exact) mass is 417 g/mol. The summed E-state index contributed by atoms with van der Waals surface area (Å²) in [5.41, 5.74) is 1.06. The zero-order valence-corrected chi connectivity index (χ0v) is 16.3. The molecule has 7 nitrogen and oxygen atoms in total. The van der Waals surface area contributed by atoms with Crippen LogP contribution in [0.5, 0.6) is 5.75 Å². The Labute approximate surface area is 172 Å². The molecule has 30 heavy (non-hydrogen) atoms. The van der Waals surface area contributed by atoms with Crippen LogP contribution in [0.2, 0.25) is 0 Å². The van der Waals surface area contributed by atoms with Crippen molar-refractivity contribution < 1.29 is 27.9 Å². The summed E-state index contributed by atoms with van der Waals surface area (Å²) in [7, 11) is 1.57. The molecule has 9 heteroatoms. The van der Waals surface area contributed by atoms with Crippen molar-refractivity contribution in [1.29, 1.82) is 0 Å². The Hall–Kier alpha value is -3.49. The number of halogens is 2. The smallest absolute Gasteiger partial charge is 0.324 e. The van der Waals surface area contributed by atoms with Gasteiger partial charge in [-0.2, -0.15) is 0 Å². The molecule has 0 saturated carbocycles. The van der Waals surface area contributed by atoms with E-state index >= 15 is 0 Å². The van der Waals surface area contributed by atoms with Crippen LogP contribution < -0.4 is 15.4 Å². The SMILES string of the molecule is COc1ccc(CCN2C(=O)NC(CCC(=O)Nc3ccc(F)c(F)c3)C2=O)cc1. The minimum atomic E-state index is -1.07. The molecule has 4 amide bonds. The summed E-state index contributed by atoms with van der Waals surface area (Å²) < 4.78 is 31.2. The number of nitrogens with zero attached hydrogens (tertiary/aromatic N) is 1. The number of hydrogen-bond donors (Lipinski definition) is 2. The summed E-state index contributed by atoms with van der Waals surface area (Å²) in [5.74, 6) is -2.23. The largest absolute Gasteiger partial charge is 0.497 e. The molecule has 3 rings (SSSR count). The van der Waals surface area contributed by atoms with Crippen molar-refractivity contribution >= 4 is 23.5 Å². The molecule has 1 atom stereocenters. The van der Waals surface area contributed by atoms with Crippen LogP contribution in [0.25, 0.3) is 0 Å². The number of carbonyl (C=O) groups excluding carboxylic acids is 3. The second kappa shape index (κ2) is 9.34. The Morgan fingerprint density at radius 3 is 2.53 bits per heavy atom. The molecule has 2 N–H and O–H groups in total. The van der Waals surface area contributed by atoms with E-state index in [1.54, 1.807) is 19.2 Å². The molecule has 0 aromatic heterocycles. The molecule has 1 saturated heterocycles. The first kappa shape index (κ1) is 21.2. The van der Waals surface area contributed by atoms with Gasteiger partial charge in [-0.1, -0.05) is 12.1 Å². The molecule has 1 heterocycles. The molecule has 0 bridgehead atoms. The third kappa shape index (κ3) is 5.11. The van der Waals surface area contributed by atoms with Gasteiger partial charge in [0, 0.05) is 24.7 Å². The Bertz CT molecular complexity index is 950. The van der Waals surface area contributed by atoms with Gasteiger partial charge in [-0.15, -0.1) is 0 Å². The minimum Gasteiger partial charge on any atom is -0.497 e. The highest BCUT2D eigenvalue weighted by molar-refractivity contribution is 6.04. The number of carbonyl (C=O) groups is 3. The van der Waals surface area contributed by atoms with Gasteiger partial charge in [-0.3, -0.25) is 14.5 Å². The van der Waals surface area contributed by atoms with Gasteiger partial charge in [-0.05, 0) is 42.7 Å². The highest BCUT2D eigenvalue weighted by atomic mass is 19.2. The maximum atomic E-state index is 13.2. The molecule has 0 radical (unpaired) electrons. The number of rotatable bonds is 8. The van der Waals surface area contributed by atoms with E-state index in [0.29, 0.717) is 6.42 Å². The molecule has 158 valence electrons. The van der Waals surface area contributed by atoms with Crippen molar-refractivity contribution in [3.05, 3.63) is 59.7 Å². The van der Waals surface area contributed by atoms with Crippen molar-refractivity contribution in [3.8, 4) is 5.75 Å². The fourth-order valence-corrected chi connectivity index (χ4v) is 3.09. The van der Waals surface area contributed by atoms with Gasteiger partial charge < -0.3 is 15.4 Å². The van der Waals surface area contributed by atoms with E-state index in [0.717, 1.165) is 28.3 Å². The van der Waals surface area contributed by atoms with Crippen LogP contribution in [0.1, 0.15) is 18.4 Å². The minimum absolute atomic E-state index is 0.0675. The van der Waals surface area contributed by atoms with Crippen molar-refractivity contribution in [1.82, 2.24) is 10.2 Å². The standard InChI is InChI=1S/C21H21F2N3O4/c1-30-15-5-2-13(3-6-15)10-11-26-20(28)18(25-21(26)29)8-9-19(27)24-14-4-7-16(22)17(23)12-14/h2-7,12,18H,8-11H2,1H3,(H,24,27)(H,25,29). The van der Waals surface area contributed by atoms with Crippen LogP contribution in [-0.4, -0.2) is 42.4 Å². The molecular weight excluding hydrogens is 396 g/mol. The highest BCUT2D eigenvalue weighted by Crippen LogP contribution is 2.17. The Morgan fingerprint density at radius 1 is 1.13 bits per heavy atom. The number of benzene rings is 2. The molecule has 2 aromatic carbocycles. The zero-order chi connectivity index (χ0) is 21.7. The first-order chi connectivity index (χ1) is 14.4. The van der Waals surface area contributed by atoms with Gasteiger partial charge in [0.2, 0.25) is 5.91 Å². The third-order valence-electron chi connectivity index (χ3n) is 4.75. The van der Waals surface area contributed by atoms with Gasteiger partial charge in [0.1, 0.15) is 11.8 Å². The van der Waals surface area contributed by atoms with E-state index in [1.807, 2.05) is 12.1 Å². The summed E-state index contributed by atoms with van der Waals surface area (Å²) in [6, 6.07) is 9.03. The summed E-state index contributed by atoms with van der Waals surface area (Å²) in [6.45, 7) is 0.217. The normalized spacial score (nSPS) is 15.8. The Kier molecular flexibility index (Phi) is 6.61. The average molecular weight is 417 g/mol. The fourth-order valence-electron chi connectivity index (χ4n) is 3.09. The van der Waals surface area contributed by atoms with Crippen LogP contribution in [-0.2, 0) is 16.0 Å². The summed E-state index contributed by atoms with van der Waals surface area (Å²) in [5, 5.41) is 5.01. The van der Waals surface area contributed by atoms with E-state index in [-0.39, 0.29) is 25.1 Å². The molecule has 0 spiro atoms. The molecule has 1 fully saturated rings. The number of methoxy groups -OCH3 is 1. The van der Waals surface area contributed by atoms with Crippen molar-refractivity contribution in [2.24, 2.45) is 0 Å². The number of amides is 4. The summed E-state index contributed by atoms with van der Waals surface area (Å²) in [6.07, 6.45) is 0.521. The van der Waals surface area contributed by atoms with Crippen LogP contribution in [0.3, 0.4) is 0 Å². The van der Waals surface area contributed by atoms with Gasteiger partial charge in [0.15, 0.2) is 11.6 Å². The van der Waals surface area contributed by atoms with E-state index in [4.69, 9.17) is 4.74 Å². The van der Waals surface area contributed by atoms with Gasteiger partial charge in [0.25, 0.3) is 5.91 Å². The fraction of sp³-hybridized carbons (Fsp3) is 0.286. The van der Waals surface area contributed by atoms with Crippen LogP contribution in [0.4, 0.5) is 19.3 Å². The van der Waals surface area contributed by atoms with Gasteiger partial charge in [0.05, 0.1) is 7.11 Å². The number of anilines is 1. The lowest BCUT2D eigenvalue weighted by Gasteiger charge is -2.13. The molecule has 2 aromatic rings. The van der Waals surface area contributed by atoms with Crippen LogP contribution >= 0.6 is 0 Å². The molecule has 1 unspecified atom stereocenters. The highest BCUT2D eigenvalue weighted by Gasteiger charge is 2.37. The molecule has 1 aliphatic heterocycles. The van der Waals surface area contributed by atoms with Crippen molar-refractivity contribution in [2.75, 3.05) is 19.0 Å². The molecule has 1 aliphatic rings. The number of urea groups is 1. The Morgan fingerprint density at radius 2 is 1.87 bits per heavy atom. The van der Waals surface area contributed by atoms with E-state index < -0.39 is 35.5 Å². The quantitative estimate of drug-likeness (QED) is 0.647. The van der Waals surface area contributed by atoms with E-state index in [9.17, 15) is 23.2 Å². The number of imide groups is 1. The topological polar surface area (TPSA) is 87.7 Å². The predicted octanol–water partition coefficient (Wildman–Crippen LogP) is 2.86. The maximum Gasteiger partial charge on any atom is 0.324 e. The first-order valence-corrected chi connectivity index (χ1v) is 9.37. The number of nitrogens with one attached hydrogen (secondary N) is 2. The number of hydrogen-bond acceptors (Lipinski definition) is 4. The van der Waals surface area contributed by atoms with Crippen molar-refractivity contribution in [3.63, 3.8) is 0 Å². The Balaban J connectivity index is 1.48. The van der Waals surface area contributed by atoms with Gasteiger partial charge in [-0.25, -0.2) is 13.6 Å². The van der Waals surface area contributed by atoms with Crippen LogP contribution in [0.15, 0.2) is 42.5 Å². The lowest BCUT2D eigenvalue weighted by molar-refractivity contribution is -0.127. The lowest BCUT2D eigenvalue weighted by Crippen LogP contribution is -2.33. The number of ether oxygens (including phenoxy) is 1. The van der Waals surface area contributed by atoms with E-state index in [2.05, 4.69) is 10.6 Å². The predicted molar refractivity (Wildman–Crippen MR) is 105 cm³/mol. The summed E-state index contributed by atoms with van der Waals surface area (Å²) in [4.78, 5) is 37.8. The molecule has 0 aliphatic carbocycles. The van der Waals surface area contributed by atoms with Crippen molar-refractivity contribution in [2.45, 2.75) is 25.3 Å². The van der Waals surface area contributed by atoms with E-state index in [1.165, 1.54) is 6.07 Å². The lowest BCUT2D eigenvalue weighted by atomic mass is 10.1. The average Bonchev–Trinajstić information content (AvgIpc) is 3.01. The third-order valence-corrected chi connectivity index (χ3v) is 4.75. The second-order valence-electron chi connectivity index (χ2n) is 6.81. The zero-order valence-electron chi connectivity index (χ0n) is 16.3. The van der Waals surface area contributed by atoms with Crippen LogP contribution in [0, 0.1) is 11.6 Å². The summed E-state index contributed by atoms with van der Waals surface area (Å²) >= 11 is 0. The maximum absolute atomic E-state index is 13.2. The second-order valence-corrected chi connectivity index (χ2v) is 6.81. The first-order valence-electron chi connectivity index (χ1n) is 9.37.